The van der Waals surface area contributed by atoms with E-state index >= 15 is 0 Å². The van der Waals surface area contributed by atoms with Gasteiger partial charge in [-0.2, -0.15) is 5.26 Å². The highest BCUT2D eigenvalue weighted by Gasteiger charge is 2.03. The van der Waals surface area contributed by atoms with Crippen LogP contribution in [0.2, 0.25) is 0 Å². The van der Waals surface area contributed by atoms with Crippen molar-refractivity contribution in [3.8, 4) is 6.07 Å². The summed E-state index contributed by atoms with van der Waals surface area (Å²) in [6.07, 6.45) is 0.356. The van der Waals surface area contributed by atoms with Crippen LogP contribution in [-0.4, -0.2) is 19.0 Å². The molecule has 1 rings (SSSR count). The zero-order chi connectivity index (χ0) is 12.7. The van der Waals surface area contributed by atoms with E-state index in [2.05, 4.69) is 30.5 Å². The highest BCUT2D eigenvalue weighted by molar-refractivity contribution is 7.12. The summed E-state index contributed by atoms with van der Waals surface area (Å²) in [5.41, 5.74) is 1.30. The summed E-state index contributed by atoms with van der Waals surface area (Å²) < 4.78 is 0. The van der Waals surface area contributed by atoms with Crippen molar-refractivity contribution in [2.75, 3.05) is 13.1 Å². The fourth-order valence-electron chi connectivity index (χ4n) is 1.36. The van der Waals surface area contributed by atoms with Gasteiger partial charge in [0.2, 0.25) is 5.91 Å². The van der Waals surface area contributed by atoms with E-state index in [9.17, 15) is 4.79 Å². The first-order valence-electron chi connectivity index (χ1n) is 5.53. The quantitative estimate of drug-likeness (QED) is 0.753. The maximum Gasteiger partial charge on any atom is 0.234 e. The van der Waals surface area contributed by atoms with Crippen molar-refractivity contribution in [1.82, 2.24) is 10.6 Å². The van der Waals surface area contributed by atoms with Crippen LogP contribution in [0.4, 0.5) is 0 Å². The van der Waals surface area contributed by atoms with Crippen LogP contribution in [0.15, 0.2) is 6.07 Å². The Hall–Kier alpha value is -1.38. The third kappa shape index (κ3) is 4.98. The van der Waals surface area contributed by atoms with Gasteiger partial charge in [0.25, 0.3) is 0 Å². The van der Waals surface area contributed by atoms with Crippen LogP contribution in [0.1, 0.15) is 21.7 Å². The summed E-state index contributed by atoms with van der Waals surface area (Å²) >= 11 is 1.75. The molecule has 92 valence electrons. The summed E-state index contributed by atoms with van der Waals surface area (Å²) in [5.74, 6) is -0.0646. The second-order valence-corrected chi connectivity index (χ2v) is 5.15. The fourth-order valence-corrected chi connectivity index (χ4v) is 2.38. The minimum absolute atomic E-state index is 0.0646. The SMILES string of the molecule is Cc1cc(CNCC(=O)NCCC#N)sc1C. The molecule has 0 aliphatic rings. The van der Waals surface area contributed by atoms with E-state index in [4.69, 9.17) is 5.26 Å². The number of nitrogens with one attached hydrogen (secondary N) is 2. The second-order valence-electron chi connectivity index (χ2n) is 3.81. The molecule has 0 aromatic carbocycles. The summed E-state index contributed by atoms with van der Waals surface area (Å²) in [6.45, 7) is 5.61. The Bertz CT molecular complexity index is 400. The standard InChI is InChI=1S/C12H17N3OS/c1-9-6-11(17-10(9)2)7-14-8-12(16)15-5-3-4-13/h6,14H,3,5,7-8H2,1-2H3,(H,15,16). The van der Waals surface area contributed by atoms with Crippen molar-refractivity contribution in [3.05, 3.63) is 21.4 Å². The lowest BCUT2D eigenvalue weighted by Gasteiger charge is -2.03. The Balaban J connectivity index is 2.19. The number of amides is 1. The van der Waals surface area contributed by atoms with E-state index in [1.807, 2.05) is 6.07 Å². The number of carbonyl (C=O) groups excluding carboxylic acids is 1. The van der Waals surface area contributed by atoms with Crippen molar-refractivity contribution in [2.45, 2.75) is 26.8 Å². The van der Waals surface area contributed by atoms with Crippen LogP contribution < -0.4 is 10.6 Å². The van der Waals surface area contributed by atoms with Gasteiger partial charge >= 0.3 is 0 Å². The first-order chi connectivity index (χ1) is 8.13. The fraction of sp³-hybridized carbons (Fsp3) is 0.500. The molecule has 17 heavy (non-hydrogen) atoms. The minimum atomic E-state index is -0.0646. The van der Waals surface area contributed by atoms with Gasteiger partial charge in [0.15, 0.2) is 0 Å². The summed E-state index contributed by atoms with van der Waals surface area (Å²) in [6, 6.07) is 4.12. The van der Waals surface area contributed by atoms with Gasteiger partial charge in [-0.1, -0.05) is 0 Å². The van der Waals surface area contributed by atoms with Gasteiger partial charge in [0.1, 0.15) is 0 Å². The number of nitrogens with zero attached hydrogens (tertiary/aromatic N) is 1. The zero-order valence-corrected chi connectivity index (χ0v) is 11.0. The first-order valence-corrected chi connectivity index (χ1v) is 6.35. The molecule has 0 aliphatic heterocycles. The molecular formula is C12H17N3OS. The van der Waals surface area contributed by atoms with E-state index in [1.54, 1.807) is 11.3 Å². The van der Waals surface area contributed by atoms with Crippen molar-refractivity contribution in [1.29, 1.82) is 5.26 Å². The number of hydrogen-bond donors (Lipinski definition) is 2. The molecule has 0 fully saturated rings. The Morgan fingerprint density at radius 3 is 2.88 bits per heavy atom. The molecule has 0 radical (unpaired) electrons. The second kappa shape index (κ2) is 7.05. The molecule has 2 N–H and O–H groups in total. The first kappa shape index (κ1) is 13.7. The number of carbonyl (C=O) groups is 1. The molecule has 0 aliphatic carbocycles. The molecule has 0 bridgehead atoms. The molecular weight excluding hydrogens is 234 g/mol. The number of thiophene rings is 1. The van der Waals surface area contributed by atoms with Gasteiger partial charge in [-0.15, -0.1) is 11.3 Å². The maximum atomic E-state index is 11.3. The molecule has 1 amide bonds. The topological polar surface area (TPSA) is 64.9 Å². The summed E-state index contributed by atoms with van der Waals surface area (Å²) in [4.78, 5) is 13.9. The van der Waals surface area contributed by atoms with Crippen molar-refractivity contribution >= 4 is 17.2 Å². The normalized spacial score (nSPS) is 9.94. The minimum Gasteiger partial charge on any atom is -0.354 e. The predicted octanol–water partition coefficient (Wildman–Crippen LogP) is 1.48. The molecule has 0 unspecified atom stereocenters. The van der Waals surface area contributed by atoms with Gasteiger partial charge in [-0.25, -0.2) is 0 Å². The smallest absolute Gasteiger partial charge is 0.234 e. The zero-order valence-electron chi connectivity index (χ0n) is 10.2. The van der Waals surface area contributed by atoms with Crippen LogP contribution in [-0.2, 0) is 11.3 Å². The number of rotatable bonds is 6. The maximum absolute atomic E-state index is 11.3. The molecule has 5 heteroatoms. The van der Waals surface area contributed by atoms with E-state index < -0.39 is 0 Å². The van der Waals surface area contributed by atoms with Crippen LogP contribution >= 0.6 is 11.3 Å². The molecule has 1 aromatic heterocycles. The molecule has 1 heterocycles. The monoisotopic (exact) mass is 251 g/mol. The van der Waals surface area contributed by atoms with Gasteiger partial charge in [-0.05, 0) is 25.5 Å². The highest BCUT2D eigenvalue weighted by atomic mass is 32.1. The molecule has 0 saturated heterocycles. The highest BCUT2D eigenvalue weighted by Crippen LogP contribution is 2.19. The lowest BCUT2D eigenvalue weighted by atomic mass is 10.3. The van der Waals surface area contributed by atoms with E-state index in [0.29, 0.717) is 26.1 Å². The predicted molar refractivity (Wildman–Crippen MR) is 68.7 cm³/mol. The lowest BCUT2D eigenvalue weighted by Crippen LogP contribution is -2.33. The molecule has 1 aromatic rings. The van der Waals surface area contributed by atoms with Crippen molar-refractivity contribution < 1.29 is 4.79 Å². The number of aryl methyl sites for hydroxylation is 2. The Kier molecular flexibility index (Phi) is 5.67. The molecule has 0 spiro atoms. The van der Waals surface area contributed by atoms with Crippen LogP contribution in [0.25, 0.3) is 0 Å². The van der Waals surface area contributed by atoms with E-state index in [-0.39, 0.29) is 5.91 Å². The molecule has 4 nitrogen and oxygen atoms in total. The Labute approximate surface area is 106 Å². The molecule has 0 saturated carbocycles. The van der Waals surface area contributed by atoms with Gasteiger partial charge < -0.3 is 10.6 Å². The van der Waals surface area contributed by atoms with Crippen LogP contribution in [0.3, 0.4) is 0 Å². The third-order valence-corrected chi connectivity index (χ3v) is 3.51. The average Bonchev–Trinajstić information content (AvgIpc) is 2.59. The Morgan fingerprint density at radius 2 is 2.29 bits per heavy atom. The van der Waals surface area contributed by atoms with Crippen LogP contribution in [0.5, 0.6) is 0 Å². The Morgan fingerprint density at radius 1 is 1.53 bits per heavy atom. The summed E-state index contributed by atoms with van der Waals surface area (Å²) in [7, 11) is 0. The molecule has 0 atom stereocenters. The number of nitriles is 1. The largest absolute Gasteiger partial charge is 0.354 e. The van der Waals surface area contributed by atoms with Gasteiger partial charge in [0, 0.05) is 22.8 Å². The van der Waals surface area contributed by atoms with E-state index in [0.717, 1.165) is 0 Å². The summed E-state index contributed by atoms with van der Waals surface area (Å²) in [5, 5.41) is 14.1. The van der Waals surface area contributed by atoms with Crippen molar-refractivity contribution in [3.63, 3.8) is 0 Å². The van der Waals surface area contributed by atoms with Gasteiger partial charge in [0.05, 0.1) is 19.0 Å². The van der Waals surface area contributed by atoms with E-state index in [1.165, 1.54) is 15.3 Å². The number of hydrogen-bond acceptors (Lipinski definition) is 4. The average molecular weight is 251 g/mol. The van der Waals surface area contributed by atoms with Crippen LogP contribution in [0, 0.1) is 25.2 Å². The van der Waals surface area contributed by atoms with Gasteiger partial charge in [-0.3, -0.25) is 4.79 Å². The third-order valence-electron chi connectivity index (χ3n) is 2.36. The lowest BCUT2D eigenvalue weighted by molar-refractivity contribution is -0.120. The van der Waals surface area contributed by atoms with Crippen molar-refractivity contribution in [2.24, 2.45) is 0 Å².